The van der Waals surface area contributed by atoms with Crippen molar-refractivity contribution >= 4 is 23.1 Å². The lowest BCUT2D eigenvalue weighted by molar-refractivity contribution is 0.0543. The summed E-state index contributed by atoms with van der Waals surface area (Å²) in [6.45, 7) is 9.14. The van der Waals surface area contributed by atoms with Crippen molar-refractivity contribution in [1.29, 1.82) is 0 Å². The van der Waals surface area contributed by atoms with E-state index < -0.39 is 17.7 Å². The minimum absolute atomic E-state index is 0.417. The summed E-state index contributed by atoms with van der Waals surface area (Å²) in [5, 5.41) is 4.02. The number of benzene rings is 1. The standard InChI is InChI=1S/C25H25N3O5/c1-14-21(15(2)33-27-14)18-11-20-22(26-12-18)19(13-28(20)24(30)32-25(3,4)5)16-7-9-17(10-8-16)23(29)31-6/h7-13H,1-6H3. The van der Waals surface area contributed by atoms with Crippen LogP contribution in [0.1, 0.15) is 42.6 Å². The number of ether oxygens (including phenoxy) is 2. The molecular formula is C25H25N3O5. The number of hydrogen-bond acceptors (Lipinski definition) is 7. The third kappa shape index (κ3) is 4.24. The molecule has 0 aliphatic heterocycles. The highest BCUT2D eigenvalue weighted by molar-refractivity contribution is 6.00. The minimum atomic E-state index is -0.664. The molecular weight excluding hydrogens is 422 g/mol. The van der Waals surface area contributed by atoms with Crippen LogP contribution < -0.4 is 0 Å². The van der Waals surface area contributed by atoms with Gasteiger partial charge in [0.15, 0.2) is 0 Å². The van der Waals surface area contributed by atoms with E-state index in [-0.39, 0.29) is 0 Å². The number of aryl methyl sites for hydroxylation is 2. The number of aromatic nitrogens is 3. The minimum Gasteiger partial charge on any atom is -0.465 e. The number of carbonyl (C=O) groups excluding carboxylic acids is 2. The molecule has 170 valence electrons. The lowest BCUT2D eigenvalue weighted by Crippen LogP contribution is -2.26. The summed E-state index contributed by atoms with van der Waals surface area (Å²) in [5.74, 6) is 0.252. The van der Waals surface area contributed by atoms with Crippen molar-refractivity contribution in [3.8, 4) is 22.3 Å². The fourth-order valence-electron chi connectivity index (χ4n) is 3.71. The molecule has 0 bridgehead atoms. The molecule has 8 nitrogen and oxygen atoms in total. The summed E-state index contributed by atoms with van der Waals surface area (Å²) in [6.07, 6.45) is 2.93. The molecule has 0 radical (unpaired) electrons. The Kier molecular flexibility index (Phi) is 5.53. The van der Waals surface area contributed by atoms with Crippen LogP contribution in [0, 0.1) is 13.8 Å². The van der Waals surface area contributed by atoms with Gasteiger partial charge in [-0.25, -0.2) is 9.59 Å². The largest absolute Gasteiger partial charge is 0.465 e. The van der Waals surface area contributed by atoms with Gasteiger partial charge in [0.2, 0.25) is 0 Å². The SMILES string of the molecule is COC(=O)c1ccc(-c2cn(C(=O)OC(C)(C)C)c3cc(-c4c(C)noc4C)cnc23)cc1. The number of methoxy groups -OCH3 is 1. The molecule has 0 aliphatic rings. The molecule has 1 aromatic carbocycles. The first-order valence-corrected chi connectivity index (χ1v) is 10.5. The Morgan fingerprint density at radius 3 is 2.33 bits per heavy atom. The normalized spacial score (nSPS) is 11.6. The van der Waals surface area contributed by atoms with Crippen LogP contribution in [-0.4, -0.2) is 39.5 Å². The van der Waals surface area contributed by atoms with Crippen LogP contribution in [0.25, 0.3) is 33.3 Å². The van der Waals surface area contributed by atoms with Crippen LogP contribution in [0.15, 0.2) is 47.2 Å². The molecule has 0 spiro atoms. The van der Waals surface area contributed by atoms with Crippen LogP contribution in [0.5, 0.6) is 0 Å². The summed E-state index contributed by atoms with van der Waals surface area (Å²) in [6, 6.07) is 8.83. The first-order chi connectivity index (χ1) is 15.6. The van der Waals surface area contributed by atoms with Gasteiger partial charge in [-0.3, -0.25) is 9.55 Å². The molecule has 0 saturated heterocycles. The first kappa shape index (κ1) is 22.3. The van der Waals surface area contributed by atoms with Crippen molar-refractivity contribution < 1.29 is 23.6 Å². The fraction of sp³-hybridized carbons (Fsp3) is 0.280. The van der Waals surface area contributed by atoms with Crippen LogP contribution in [-0.2, 0) is 9.47 Å². The highest BCUT2D eigenvalue weighted by Crippen LogP contribution is 2.34. The summed E-state index contributed by atoms with van der Waals surface area (Å²) in [7, 11) is 1.34. The van der Waals surface area contributed by atoms with E-state index in [1.54, 1.807) is 36.7 Å². The van der Waals surface area contributed by atoms with Gasteiger partial charge in [0, 0.05) is 29.1 Å². The Morgan fingerprint density at radius 1 is 1.06 bits per heavy atom. The molecule has 4 rings (SSSR count). The monoisotopic (exact) mass is 447 g/mol. The van der Waals surface area contributed by atoms with Crippen molar-refractivity contribution in [2.75, 3.05) is 7.11 Å². The zero-order valence-corrected chi connectivity index (χ0v) is 19.4. The Labute approximate surface area is 191 Å². The molecule has 0 unspecified atom stereocenters. The van der Waals surface area contributed by atoms with Gasteiger partial charge in [-0.2, -0.15) is 0 Å². The summed E-state index contributed by atoms with van der Waals surface area (Å²) in [5.41, 5.74) is 4.89. The average Bonchev–Trinajstić information content (AvgIpc) is 3.31. The number of nitrogens with zero attached hydrogens (tertiary/aromatic N) is 3. The molecule has 0 atom stereocenters. The molecule has 4 aromatic rings. The molecule has 0 amide bonds. The number of carbonyl (C=O) groups is 2. The van der Waals surface area contributed by atoms with Crippen molar-refractivity contribution in [3.63, 3.8) is 0 Å². The van der Waals surface area contributed by atoms with Gasteiger partial charge in [-0.1, -0.05) is 17.3 Å². The Hall–Kier alpha value is -3.94. The van der Waals surface area contributed by atoms with Crippen LogP contribution in [0.4, 0.5) is 4.79 Å². The molecule has 0 N–H and O–H groups in total. The van der Waals surface area contributed by atoms with E-state index in [9.17, 15) is 9.59 Å². The quantitative estimate of drug-likeness (QED) is 0.380. The second-order valence-corrected chi connectivity index (χ2v) is 8.75. The van der Waals surface area contributed by atoms with E-state index in [1.807, 2.05) is 40.7 Å². The molecule has 33 heavy (non-hydrogen) atoms. The predicted molar refractivity (Wildman–Crippen MR) is 123 cm³/mol. The third-order valence-corrected chi connectivity index (χ3v) is 5.17. The van der Waals surface area contributed by atoms with Gasteiger partial charge in [-0.15, -0.1) is 0 Å². The van der Waals surface area contributed by atoms with Gasteiger partial charge in [0.25, 0.3) is 0 Å². The van der Waals surface area contributed by atoms with E-state index in [2.05, 4.69) is 10.1 Å². The fourth-order valence-corrected chi connectivity index (χ4v) is 3.71. The zero-order chi connectivity index (χ0) is 23.9. The van der Waals surface area contributed by atoms with Gasteiger partial charge >= 0.3 is 12.1 Å². The zero-order valence-electron chi connectivity index (χ0n) is 19.4. The van der Waals surface area contributed by atoms with Gasteiger partial charge in [0.05, 0.1) is 29.4 Å². The lowest BCUT2D eigenvalue weighted by atomic mass is 10.0. The number of fused-ring (bicyclic) bond motifs is 1. The maximum Gasteiger partial charge on any atom is 0.419 e. The molecule has 0 saturated carbocycles. The van der Waals surface area contributed by atoms with E-state index in [0.29, 0.717) is 22.4 Å². The second-order valence-electron chi connectivity index (χ2n) is 8.75. The lowest BCUT2D eigenvalue weighted by Gasteiger charge is -2.19. The van der Waals surface area contributed by atoms with Crippen LogP contribution in [0.2, 0.25) is 0 Å². The van der Waals surface area contributed by atoms with Crippen molar-refractivity contribution in [2.24, 2.45) is 0 Å². The Balaban J connectivity index is 1.89. The van der Waals surface area contributed by atoms with Crippen molar-refractivity contribution in [1.82, 2.24) is 14.7 Å². The average molecular weight is 447 g/mol. The summed E-state index contributed by atoms with van der Waals surface area (Å²) in [4.78, 5) is 29.5. The first-order valence-electron chi connectivity index (χ1n) is 10.5. The second kappa shape index (κ2) is 8.20. The predicted octanol–water partition coefficient (Wildman–Crippen LogP) is 5.54. The maximum absolute atomic E-state index is 13.1. The Morgan fingerprint density at radius 2 is 1.76 bits per heavy atom. The maximum atomic E-state index is 13.1. The highest BCUT2D eigenvalue weighted by atomic mass is 16.6. The molecule has 0 fully saturated rings. The summed E-state index contributed by atoms with van der Waals surface area (Å²) >= 11 is 0. The molecule has 3 heterocycles. The molecule has 8 heteroatoms. The molecule has 3 aromatic heterocycles. The van der Waals surface area contributed by atoms with Gasteiger partial charge in [0.1, 0.15) is 11.4 Å². The van der Waals surface area contributed by atoms with Crippen molar-refractivity contribution in [3.05, 3.63) is 59.7 Å². The van der Waals surface area contributed by atoms with Crippen LogP contribution >= 0.6 is 0 Å². The van der Waals surface area contributed by atoms with Gasteiger partial charge < -0.3 is 14.0 Å². The van der Waals surface area contributed by atoms with E-state index in [0.717, 1.165) is 27.9 Å². The number of rotatable bonds is 3. The van der Waals surface area contributed by atoms with E-state index >= 15 is 0 Å². The van der Waals surface area contributed by atoms with Crippen molar-refractivity contribution in [2.45, 2.75) is 40.2 Å². The molecule has 0 aliphatic carbocycles. The number of esters is 1. The van der Waals surface area contributed by atoms with Gasteiger partial charge in [-0.05, 0) is 58.4 Å². The number of hydrogen-bond donors (Lipinski definition) is 0. The van der Waals surface area contributed by atoms with E-state index in [1.165, 1.54) is 11.7 Å². The van der Waals surface area contributed by atoms with E-state index in [4.69, 9.17) is 14.0 Å². The smallest absolute Gasteiger partial charge is 0.419 e. The summed E-state index contributed by atoms with van der Waals surface area (Å²) < 4.78 is 17.2. The number of pyridine rings is 1. The van der Waals surface area contributed by atoms with Crippen LogP contribution in [0.3, 0.4) is 0 Å². The Bertz CT molecular complexity index is 1340. The topological polar surface area (TPSA) is 96.5 Å². The third-order valence-electron chi connectivity index (χ3n) is 5.17. The highest BCUT2D eigenvalue weighted by Gasteiger charge is 2.23.